The zero-order valence-corrected chi connectivity index (χ0v) is 12.6. The molecule has 3 nitrogen and oxygen atoms in total. The average Bonchev–Trinajstić information content (AvgIpc) is 2.79. The number of hydrogen-bond donors (Lipinski definition) is 1. The van der Waals surface area contributed by atoms with Crippen molar-refractivity contribution in [3.05, 3.63) is 53.6 Å². The first-order chi connectivity index (χ1) is 10.8. The van der Waals surface area contributed by atoms with E-state index in [1.54, 1.807) is 0 Å². The SMILES string of the molecule is C#Cc1cccc(NC(C)c2ccc3c(c2)OCCCO3)c1. The Balaban J connectivity index is 1.78. The van der Waals surface area contributed by atoms with Crippen LogP contribution in [0.4, 0.5) is 5.69 Å². The maximum atomic E-state index is 5.75. The molecule has 0 bridgehead atoms. The summed E-state index contributed by atoms with van der Waals surface area (Å²) in [6.45, 7) is 3.52. The summed E-state index contributed by atoms with van der Waals surface area (Å²) in [5.41, 5.74) is 3.03. The second-order valence-corrected chi connectivity index (χ2v) is 5.35. The van der Waals surface area contributed by atoms with Gasteiger partial charge in [-0.05, 0) is 42.8 Å². The molecule has 3 rings (SSSR count). The Bertz CT molecular complexity index is 703. The molecule has 1 atom stereocenters. The number of nitrogens with one attached hydrogen (secondary N) is 1. The Morgan fingerprint density at radius 3 is 2.73 bits per heavy atom. The third-order valence-electron chi connectivity index (χ3n) is 3.68. The van der Waals surface area contributed by atoms with Gasteiger partial charge in [0.25, 0.3) is 0 Å². The van der Waals surface area contributed by atoms with Gasteiger partial charge in [0.1, 0.15) is 0 Å². The van der Waals surface area contributed by atoms with Crippen LogP contribution in [0.1, 0.15) is 30.5 Å². The monoisotopic (exact) mass is 293 g/mol. The summed E-state index contributed by atoms with van der Waals surface area (Å²) in [4.78, 5) is 0. The highest BCUT2D eigenvalue weighted by Gasteiger charge is 2.13. The normalized spacial score (nSPS) is 14.5. The van der Waals surface area contributed by atoms with Crippen LogP contribution in [0.5, 0.6) is 11.5 Å². The van der Waals surface area contributed by atoms with Crippen LogP contribution in [0.25, 0.3) is 0 Å². The summed E-state index contributed by atoms with van der Waals surface area (Å²) in [6.07, 6.45) is 6.36. The van der Waals surface area contributed by atoms with E-state index in [0.29, 0.717) is 13.2 Å². The summed E-state index contributed by atoms with van der Waals surface area (Å²) in [7, 11) is 0. The van der Waals surface area contributed by atoms with E-state index in [0.717, 1.165) is 34.7 Å². The lowest BCUT2D eigenvalue weighted by atomic mass is 10.1. The first-order valence-electron chi connectivity index (χ1n) is 7.49. The van der Waals surface area contributed by atoms with E-state index >= 15 is 0 Å². The van der Waals surface area contributed by atoms with Crippen LogP contribution in [0, 0.1) is 12.3 Å². The van der Waals surface area contributed by atoms with E-state index < -0.39 is 0 Å². The number of terminal acetylenes is 1. The molecular weight excluding hydrogens is 274 g/mol. The van der Waals surface area contributed by atoms with Gasteiger partial charge in [0.2, 0.25) is 0 Å². The Morgan fingerprint density at radius 2 is 1.91 bits per heavy atom. The van der Waals surface area contributed by atoms with Crippen molar-refractivity contribution in [3.8, 4) is 23.8 Å². The molecular formula is C19H19NO2. The lowest BCUT2D eigenvalue weighted by Crippen LogP contribution is -2.07. The highest BCUT2D eigenvalue weighted by atomic mass is 16.5. The molecule has 1 aliphatic rings. The maximum absolute atomic E-state index is 5.75. The van der Waals surface area contributed by atoms with Gasteiger partial charge in [-0.2, -0.15) is 0 Å². The Hall–Kier alpha value is -2.60. The minimum atomic E-state index is 0.144. The number of ether oxygens (including phenoxy) is 2. The highest BCUT2D eigenvalue weighted by molar-refractivity contribution is 5.52. The second kappa shape index (κ2) is 6.44. The minimum Gasteiger partial charge on any atom is -0.490 e. The molecule has 0 amide bonds. The standard InChI is InChI=1S/C19H19NO2/c1-3-15-6-4-7-17(12-15)20-14(2)16-8-9-18-19(13-16)22-11-5-10-21-18/h1,4,6-9,12-14,20H,5,10-11H2,2H3. The van der Waals surface area contributed by atoms with Crippen LogP contribution in [0.15, 0.2) is 42.5 Å². The van der Waals surface area contributed by atoms with E-state index in [-0.39, 0.29) is 6.04 Å². The first kappa shape index (κ1) is 14.3. The van der Waals surface area contributed by atoms with E-state index in [2.05, 4.69) is 24.2 Å². The van der Waals surface area contributed by atoms with Gasteiger partial charge in [-0.15, -0.1) is 6.42 Å². The number of benzene rings is 2. The molecule has 3 heteroatoms. The van der Waals surface area contributed by atoms with Crippen LogP contribution in [0.2, 0.25) is 0 Å². The van der Waals surface area contributed by atoms with Crippen LogP contribution in [-0.4, -0.2) is 13.2 Å². The van der Waals surface area contributed by atoms with E-state index in [9.17, 15) is 0 Å². The molecule has 0 radical (unpaired) electrons. The molecule has 1 heterocycles. The van der Waals surface area contributed by atoms with E-state index in [1.807, 2.05) is 36.4 Å². The molecule has 112 valence electrons. The Morgan fingerprint density at radius 1 is 1.09 bits per heavy atom. The number of anilines is 1. The third kappa shape index (κ3) is 3.17. The van der Waals surface area contributed by atoms with Gasteiger partial charge in [0.05, 0.1) is 13.2 Å². The summed E-state index contributed by atoms with van der Waals surface area (Å²) in [5, 5.41) is 3.46. The predicted octanol–water partition coefficient (Wildman–Crippen LogP) is 4.00. The molecule has 0 aliphatic carbocycles. The third-order valence-corrected chi connectivity index (χ3v) is 3.68. The molecule has 1 unspecified atom stereocenters. The van der Waals surface area contributed by atoms with Crippen molar-refractivity contribution in [2.24, 2.45) is 0 Å². The second-order valence-electron chi connectivity index (χ2n) is 5.35. The predicted molar refractivity (Wildman–Crippen MR) is 88.5 cm³/mol. The molecule has 0 aromatic heterocycles. The highest BCUT2D eigenvalue weighted by Crippen LogP contribution is 2.33. The zero-order valence-electron chi connectivity index (χ0n) is 12.6. The number of hydrogen-bond acceptors (Lipinski definition) is 3. The van der Waals surface area contributed by atoms with Gasteiger partial charge in [-0.1, -0.05) is 18.1 Å². The van der Waals surface area contributed by atoms with Gasteiger partial charge >= 0.3 is 0 Å². The zero-order chi connectivity index (χ0) is 15.4. The number of rotatable bonds is 3. The Labute approximate surface area is 131 Å². The maximum Gasteiger partial charge on any atom is 0.161 e. The fourth-order valence-electron chi connectivity index (χ4n) is 2.48. The van der Waals surface area contributed by atoms with Crippen LogP contribution < -0.4 is 14.8 Å². The molecule has 0 spiro atoms. The average molecular weight is 293 g/mol. The van der Waals surface area contributed by atoms with Crippen molar-refractivity contribution < 1.29 is 9.47 Å². The molecule has 2 aromatic carbocycles. The van der Waals surface area contributed by atoms with E-state index in [4.69, 9.17) is 15.9 Å². The molecule has 1 aliphatic heterocycles. The summed E-state index contributed by atoms with van der Waals surface area (Å²) in [5.74, 6) is 4.29. The van der Waals surface area contributed by atoms with Gasteiger partial charge in [-0.3, -0.25) is 0 Å². The van der Waals surface area contributed by atoms with Crippen molar-refractivity contribution in [1.82, 2.24) is 0 Å². The molecule has 0 saturated heterocycles. The quantitative estimate of drug-likeness (QED) is 0.868. The Kier molecular flexibility index (Phi) is 4.20. The molecule has 1 N–H and O–H groups in total. The fourth-order valence-corrected chi connectivity index (χ4v) is 2.48. The lowest BCUT2D eigenvalue weighted by molar-refractivity contribution is 0.297. The van der Waals surface area contributed by atoms with Crippen molar-refractivity contribution >= 4 is 5.69 Å². The van der Waals surface area contributed by atoms with Gasteiger partial charge in [0, 0.05) is 23.7 Å². The van der Waals surface area contributed by atoms with Gasteiger partial charge in [-0.25, -0.2) is 0 Å². The molecule has 2 aromatic rings. The van der Waals surface area contributed by atoms with Crippen molar-refractivity contribution in [2.75, 3.05) is 18.5 Å². The molecule has 22 heavy (non-hydrogen) atoms. The molecule has 0 fully saturated rings. The first-order valence-corrected chi connectivity index (χ1v) is 7.49. The smallest absolute Gasteiger partial charge is 0.161 e. The summed E-state index contributed by atoms with van der Waals surface area (Å²) >= 11 is 0. The summed E-state index contributed by atoms with van der Waals surface area (Å²) in [6, 6.07) is 14.1. The summed E-state index contributed by atoms with van der Waals surface area (Å²) < 4.78 is 11.4. The van der Waals surface area contributed by atoms with Crippen LogP contribution in [0.3, 0.4) is 0 Å². The van der Waals surface area contributed by atoms with Crippen LogP contribution in [-0.2, 0) is 0 Å². The largest absolute Gasteiger partial charge is 0.490 e. The van der Waals surface area contributed by atoms with Gasteiger partial charge in [0.15, 0.2) is 11.5 Å². The van der Waals surface area contributed by atoms with Crippen LogP contribution >= 0.6 is 0 Å². The topological polar surface area (TPSA) is 30.5 Å². The van der Waals surface area contributed by atoms with Crippen molar-refractivity contribution in [3.63, 3.8) is 0 Å². The van der Waals surface area contributed by atoms with Gasteiger partial charge < -0.3 is 14.8 Å². The van der Waals surface area contributed by atoms with Crippen molar-refractivity contribution in [2.45, 2.75) is 19.4 Å². The lowest BCUT2D eigenvalue weighted by Gasteiger charge is -2.17. The minimum absolute atomic E-state index is 0.144. The molecule has 0 saturated carbocycles. The number of fused-ring (bicyclic) bond motifs is 1. The fraction of sp³-hybridized carbons (Fsp3) is 0.263. The van der Waals surface area contributed by atoms with Crippen molar-refractivity contribution in [1.29, 1.82) is 0 Å². The van der Waals surface area contributed by atoms with E-state index in [1.165, 1.54) is 0 Å².